The van der Waals surface area contributed by atoms with Crippen molar-refractivity contribution in [3.05, 3.63) is 91.0 Å². The number of Topliss-reactive ketones (excluding diaryl/α,β-unsaturated/α-hetero) is 1. The third-order valence-electron chi connectivity index (χ3n) is 4.96. The van der Waals surface area contributed by atoms with Gasteiger partial charge in [0, 0.05) is 0 Å². The van der Waals surface area contributed by atoms with Crippen molar-refractivity contribution in [2.75, 3.05) is 0 Å². The van der Waals surface area contributed by atoms with Crippen LogP contribution in [0.1, 0.15) is 6.92 Å². The maximum Gasteiger partial charge on any atom is 0.256 e. The van der Waals surface area contributed by atoms with Gasteiger partial charge >= 0.3 is 0 Å². The molecule has 1 saturated heterocycles. The highest BCUT2D eigenvalue weighted by Gasteiger charge is 2.42. The van der Waals surface area contributed by atoms with E-state index in [1.165, 1.54) is 0 Å². The van der Waals surface area contributed by atoms with Gasteiger partial charge in [-0.3, -0.25) is 9.59 Å². The molecule has 4 rings (SSSR count). The number of carbonyl (C=O) groups excluding carboxylic acids is 2. The Balaban J connectivity index is 2.26. The maximum absolute atomic E-state index is 13.2. The van der Waals surface area contributed by atoms with E-state index in [0.717, 1.165) is 15.9 Å². The molecule has 0 aliphatic carbocycles. The highest BCUT2D eigenvalue weighted by atomic mass is 31.2. The molecule has 1 aliphatic rings. The molecule has 1 aliphatic heterocycles. The van der Waals surface area contributed by atoms with E-state index in [-0.39, 0.29) is 11.7 Å². The fraction of sp³-hybridized carbons (Fsp3) is 0.0870. The summed E-state index contributed by atoms with van der Waals surface area (Å²) in [5, 5.41) is 6.25. The van der Waals surface area contributed by atoms with Crippen LogP contribution >= 0.6 is 6.89 Å². The van der Waals surface area contributed by atoms with E-state index in [9.17, 15) is 9.59 Å². The average molecular weight is 373 g/mol. The van der Waals surface area contributed by atoms with Crippen LogP contribution in [0.3, 0.4) is 0 Å². The first-order valence-corrected chi connectivity index (χ1v) is 10.7. The number of ketones is 1. The van der Waals surface area contributed by atoms with Gasteiger partial charge in [0.15, 0.2) is 5.78 Å². The minimum atomic E-state index is -2.60. The molecule has 134 valence electrons. The smallest absolute Gasteiger partial charge is 0.256 e. The van der Waals surface area contributed by atoms with E-state index in [0.29, 0.717) is 5.29 Å². The second kappa shape index (κ2) is 7.02. The summed E-state index contributed by atoms with van der Waals surface area (Å²) in [7, 11) is 0. The summed E-state index contributed by atoms with van der Waals surface area (Å²) >= 11 is 0. The highest BCUT2D eigenvalue weighted by molar-refractivity contribution is 7.97. The zero-order chi connectivity index (χ0) is 18.9. The highest BCUT2D eigenvalue weighted by Crippen LogP contribution is 2.47. The number of amides is 1. The Hall–Kier alpha value is -2.90. The van der Waals surface area contributed by atoms with Gasteiger partial charge in [-0.2, -0.15) is 0 Å². The van der Waals surface area contributed by atoms with Crippen LogP contribution in [-0.2, 0) is 9.59 Å². The molecule has 0 saturated carbocycles. The van der Waals surface area contributed by atoms with Gasteiger partial charge in [0.05, 0.1) is 11.3 Å². The standard InChI is InChI=1S/C23H20NO2P/c1-17-21(25)22(23(26)24-17)27(18-11-5-2-6-12-18,19-13-7-3-8-14-19)20-15-9-4-10-16-20/h2-17H,1H3,(H,24,26). The van der Waals surface area contributed by atoms with Crippen molar-refractivity contribution in [3.63, 3.8) is 0 Å². The van der Waals surface area contributed by atoms with E-state index < -0.39 is 12.9 Å². The van der Waals surface area contributed by atoms with Gasteiger partial charge in [0.1, 0.15) is 0 Å². The van der Waals surface area contributed by atoms with Gasteiger partial charge in [-0.15, -0.1) is 0 Å². The van der Waals surface area contributed by atoms with Gasteiger partial charge in [0.2, 0.25) is 0 Å². The Morgan fingerprint density at radius 3 is 1.33 bits per heavy atom. The van der Waals surface area contributed by atoms with Crippen molar-refractivity contribution >= 4 is 39.8 Å². The summed E-state index contributed by atoms with van der Waals surface area (Å²) in [5.41, 5.74) is 0. The molecule has 1 atom stereocenters. The minimum absolute atomic E-state index is 0.107. The summed E-state index contributed by atoms with van der Waals surface area (Å²) in [5.74, 6) is -0.359. The number of hydrogen-bond acceptors (Lipinski definition) is 2. The maximum atomic E-state index is 13.2. The predicted molar refractivity (Wildman–Crippen MR) is 113 cm³/mol. The van der Waals surface area contributed by atoms with Crippen LogP contribution in [0.25, 0.3) is 0 Å². The van der Waals surface area contributed by atoms with Crippen LogP contribution in [0, 0.1) is 0 Å². The number of benzene rings is 3. The van der Waals surface area contributed by atoms with Crippen molar-refractivity contribution in [2.24, 2.45) is 0 Å². The summed E-state index contributed by atoms with van der Waals surface area (Å²) in [6.07, 6.45) is 0. The van der Waals surface area contributed by atoms with Crippen molar-refractivity contribution < 1.29 is 9.59 Å². The molecule has 0 spiro atoms. The number of carbonyl (C=O) groups is 2. The third-order valence-corrected chi connectivity index (χ3v) is 9.27. The zero-order valence-corrected chi connectivity index (χ0v) is 15.9. The first-order chi connectivity index (χ1) is 13.2. The Labute approximate surface area is 159 Å². The summed E-state index contributed by atoms with van der Waals surface area (Å²) in [6, 6.07) is 29.4. The first-order valence-electron chi connectivity index (χ1n) is 8.94. The van der Waals surface area contributed by atoms with E-state index in [1.54, 1.807) is 6.92 Å². The quantitative estimate of drug-likeness (QED) is 0.716. The normalized spacial score (nSPS) is 17.1. The fourth-order valence-electron chi connectivity index (χ4n) is 3.75. The lowest BCUT2D eigenvalue weighted by atomic mass is 10.2. The van der Waals surface area contributed by atoms with E-state index >= 15 is 0 Å². The topological polar surface area (TPSA) is 46.2 Å². The molecular formula is C23H20NO2P. The molecule has 4 heteroatoms. The molecule has 3 nitrogen and oxygen atoms in total. The van der Waals surface area contributed by atoms with Crippen LogP contribution in [0.2, 0.25) is 0 Å². The molecule has 0 radical (unpaired) electrons. The van der Waals surface area contributed by atoms with Crippen LogP contribution in [0.4, 0.5) is 0 Å². The summed E-state index contributed by atoms with van der Waals surface area (Å²) < 4.78 is 0. The summed E-state index contributed by atoms with van der Waals surface area (Å²) in [4.78, 5) is 26.2. The molecule has 1 heterocycles. The van der Waals surface area contributed by atoms with Crippen molar-refractivity contribution in [2.45, 2.75) is 13.0 Å². The predicted octanol–water partition coefficient (Wildman–Crippen LogP) is 2.24. The molecular weight excluding hydrogens is 353 g/mol. The van der Waals surface area contributed by atoms with Gasteiger partial charge in [-0.05, 0) is 29.7 Å². The van der Waals surface area contributed by atoms with E-state index in [4.69, 9.17) is 0 Å². The zero-order valence-electron chi connectivity index (χ0n) is 15.0. The number of hydrogen-bond donors (Lipinski definition) is 1. The Bertz CT molecular complexity index is 940. The largest absolute Gasteiger partial charge is 0.342 e. The fourth-order valence-corrected chi connectivity index (χ4v) is 8.17. The van der Waals surface area contributed by atoms with Gasteiger partial charge in [-0.1, -0.05) is 91.0 Å². The van der Waals surface area contributed by atoms with Crippen LogP contribution in [0.15, 0.2) is 91.0 Å². The Morgan fingerprint density at radius 1 is 0.667 bits per heavy atom. The van der Waals surface area contributed by atoms with Gasteiger partial charge < -0.3 is 5.32 Å². The number of nitrogens with one attached hydrogen (secondary N) is 1. The lowest BCUT2D eigenvalue weighted by Gasteiger charge is -2.30. The first kappa shape index (κ1) is 17.5. The third kappa shape index (κ3) is 2.75. The SMILES string of the molecule is CC1NC(=O)C(=P(c2ccccc2)(c2ccccc2)c2ccccc2)C1=O. The van der Waals surface area contributed by atoms with E-state index in [1.807, 2.05) is 91.0 Å². The average Bonchev–Trinajstić information content (AvgIpc) is 2.98. The molecule has 0 aromatic heterocycles. The molecule has 3 aromatic carbocycles. The molecule has 0 bridgehead atoms. The molecule has 3 aromatic rings. The van der Waals surface area contributed by atoms with Crippen molar-refractivity contribution in [1.82, 2.24) is 5.32 Å². The van der Waals surface area contributed by atoms with Crippen LogP contribution in [0.5, 0.6) is 0 Å². The Morgan fingerprint density at radius 2 is 1.04 bits per heavy atom. The second-order valence-electron chi connectivity index (χ2n) is 6.59. The van der Waals surface area contributed by atoms with Crippen LogP contribution in [-0.4, -0.2) is 23.0 Å². The van der Waals surface area contributed by atoms with E-state index in [2.05, 4.69) is 5.32 Å². The molecule has 1 fully saturated rings. The van der Waals surface area contributed by atoms with Crippen molar-refractivity contribution in [3.8, 4) is 0 Å². The molecule has 1 N–H and O–H groups in total. The number of rotatable bonds is 3. The van der Waals surface area contributed by atoms with Crippen molar-refractivity contribution in [1.29, 1.82) is 0 Å². The lowest BCUT2D eigenvalue weighted by Crippen LogP contribution is -2.35. The monoisotopic (exact) mass is 373 g/mol. The lowest BCUT2D eigenvalue weighted by molar-refractivity contribution is -0.115. The molecule has 1 unspecified atom stereocenters. The second-order valence-corrected chi connectivity index (χ2v) is 9.92. The van der Waals surface area contributed by atoms with Gasteiger partial charge in [0.25, 0.3) is 5.91 Å². The summed E-state index contributed by atoms with van der Waals surface area (Å²) in [6.45, 7) is -0.843. The Kier molecular flexibility index (Phi) is 4.55. The molecule has 1 amide bonds. The molecule has 27 heavy (non-hydrogen) atoms. The van der Waals surface area contributed by atoms with Gasteiger partial charge in [-0.25, -0.2) is 0 Å². The van der Waals surface area contributed by atoms with Crippen LogP contribution < -0.4 is 21.2 Å². The minimum Gasteiger partial charge on any atom is -0.342 e.